The van der Waals surface area contributed by atoms with Crippen LogP contribution >= 0.6 is 0 Å². The number of amides is 3. The van der Waals surface area contributed by atoms with Crippen LogP contribution in [0.25, 0.3) is 0 Å². The first kappa shape index (κ1) is 24.5. The number of esters is 1. The van der Waals surface area contributed by atoms with Crippen molar-refractivity contribution in [1.82, 2.24) is 5.32 Å². The summed E-state index contributed by atoms with van der Waals surface area (Å²) in [4.78, 5) is 35.8. The van der Waals surface area contributed by atoms with Crippen molar-refractivity contribution in [2.75, 3.05) is 31.7 Å². The number of nitrogens with one attached hydrogen (secondary N) is 2. The van der Waals surface area contributed by atoms with Crippen molar-refractivity contribution >= 4 is 23.6 Å². The molecule has 2 aromatic rings. The molecule has 0 aliphatic heterocycles. The number of aryl methyl sites for hydroxylation is 2. The molecule has 0 fully saturated rings. The van der Waals surface area contributed by atoms with Gasteiger partial charge in [-0.25, -0.2) is 9.59 Å². The Hall–Kier alpha value is -3.75. The summed E-state index contributed by atoms with van der Waals surface area (Å²) >= 11 is 0. The zero-order valence-electron chi connectivity index (χ0n) is 18.7. The van der Waals surface area contributed by atoms with Gasteiger partial charge < -0.3 is 24.3 Å². The number of carbonyl (C=O) groups excluding carboxylic acids is 3. The van der Waals surface area contributed by atoms with Gasteiger partial charge in [-0.05, 0) is 51.0 Å². The predicted octanol–water partition coefficient (Wildman–Crippen LogP) is 3.37. The lowest BCUT2D eigenvalue weighted by molar-refractivity contribution is -0.150. The zero-order chi connectivity index (χ0) is 23.5. The molecule has 0 bridgehead atoms. The number of para-hydroxylation sites is 1. The average molecular weight is 444 g/mol. The zero-order valence-corrected chi connectivity index (χ0v) is 18.7. The third kappa shape index (κ3) is 7.50. The fraction of sp³-hybridized carbons (Fsp3) is 0.348. The summed E-state index contributed by atoms with van der Waals surface area (Å²) in [6.45, 7) is 7.33. The van der Waals surface area contributed by atoms with Gasteiger partial charge in [0.2, 0.25) is 0 Å². The Bertz CT molecular complexity index is 939. The summed E-state index contributed by atoms with van der Waals surface area (Å²) in [7, 11) is 0. The average Bonchev–Trinajstić information content (AvgIpc) is 2.74. The summed E-state index contributed by atoms with van der Waals surface area (Å²) in [5, 5.41) is 4.60. The highest BCUT2D eigenvalue weighted by atomic mass is 16.6. The Morgan fingerprint density at radius 3 is 2.16 bits per heavy atom. The molecule has 3 amide bonds. The number of benzene rings is 2. The largest absolute Gasteiger partial charge is 0.490 e. The molecule has 172 valence electrons. The van der Waals surface area contributed by atoms with Crippen molar-refractivity contribution in [2.24, 2.45) is 0 Å². The van der Waals surface area contributed by atoms with Gasteiger partial charge in [0.1, 0.15) is 5.75 Å². The molecule has 0 atom stereocenters. The van der Waals surface area contributed by atoms with Crippen molar-refractivity contribution in [3.05, 3.63) is 47.5 Å². The number of anilines is 1. The molecule has 0 heterocycles. The van der Waals surface area contributed by atoms with Crippen LogP contribution in [-0.2, 0) is 14.3 Å². The number of urea groups is 1. The van der Waals surface area contributed by atoms with Gasteiger partial charge in [-0.3, -0.25) is 10.1 Å². The monoisotopic (exact) mass is 444 g/mol. The second-order valence-corrected chi connectivity index (χ2v) is 6.70. The maximum absolute atomic E-state index is 12.1. The molecule has 0 saturated heterocycles. The summed E-state index contributed by atoms with van der Waals surface area (Å²) in [5.41, 5.74) is 2.17. The van der Waals surface area contributed by atoms with Crippen LogP contribution in [0.4, 0.5) is 10.5 Å². The molecule has 2 N–H and O–H groups in total. The first-order valence-corrected chi connectivity index (χ1v) is 10.2. The number of carbonyl (C=O) groups is 3. The van der Waals surface area contributed by atoms with Crippen molar-refractivity contribution in [1.29, 1.82) is 0 Å². The standard InChI is InChI=1S/C23H28N2O7/c1-5-29-18-11-10-17(12-19(18)30-6-2)24-23(28)25-20(26)13-31-21(27)14-32-22-15(3)8-7-9-16(22)4/h7-12H,5-6,13-14H2,1-4H3,(H2,24,25,26,28). The maximum Gasteiger partial charge on any atom is 0.344 e. The van der Waals surface area contributed by atoms with Gasteiger partial charge in [0.05, 0.1) is 13.2 Å². The number of imide groups is 1. The van der Waals surface area contributed by atoms with Crippen LogP contribution in [0, 0.1) is 13.8 Å². The second-order valence-electron chi connectivity index (χ2n) is 6.70. The lowest BCUT2D eigenvalue weighted by atomic mass is 10.1. The SMILES string of the molecule is CCOc1ccc(NC(=O)NC(=O)COC(=O)COc2c(C)cccc2C)cc1OCC. The molecule has 0 spiro atoms. The summed E-state index contributed by atoms with van der Waals surface area (Å²) < 4.78 is 21.3. The van der Waals surface area contributed by atoms with E-state index < -0.39 is 24.5 Å². The Morgan fingerprint density at radius 2 is 1.50 bits per heavy atom. The summed E-state index contributed by atoms with van der Waals surface area (Å²) in [5.74, 6) is 0.104. The number of ether oxygens (including phenoxy) is 4. The maximum atomic E-state index is 12.1. The van der Waals surface area contributed by atoms with E-state index in [1.807, 2.05) is 45.9 Å². The van der Waals surface area contributed by atoms with Gasteiger partial charge >= 0.3 is 12.0 Å². The Labute approximate surface area is 187 Å². The van der Waals surface area contributed by atoms with E-state index in [1.165, 1.54) is 0 Å². The van der Waals surface area contributed by atoms with Crippen molar-refractivity contribution in [2.45, 2.75) is 27.7 Å². The third-order valence-corrected chi connectivity index (χ3v) is 4.16. The van der Waals surface area contributed by atoms with Crippen LogP contribution in [0.5, 0.6) is 17.2 Å². The molecule has 0 unspecified atom stereocenters. The van der Waals surface area contributed by atoms with Crippen LogP contribution in [0.15, 0.2) is 36.4 Å². The molecule has 2 aromatic carbocycles. The fourth-order valence-electron chi connectivity index (χ4n) is 2.80. The van der Waals surface area contributed by atoms with E-state index >= 15 is 0 Å². The minimum atomic E-state index is -0.779. The normalized spacial score (nSPS) is 10.1. The van der Waals surface area contributed by atoms with E-state index in [-0.39, 0.29) is 6.61 Å². The molecule has 9 nitrogen and oxygen atoms in total. The van der Waals surface area contributed by atoms with Gasteiger partial charge in [-0.15, -0.1) is 0 Å². The fourth-order valence-corrected chi connectivity index (χ4v) is 2.80. The molecule has 32 heavy (non-hydrogen) atoms. The molecule has 2 rings (SSSR count). The number of rotatable bonds is 10. The van der Waals surface area contributed by atoms with E-state index in [9.17, 15) is 14.4 Å². The quantitative estimate of drug-likeness (QED) is 0.540. The molecule has 0 saturated carbocycles. The minimum absolute atomic E-state index is 0.350. The molecular weight excluding hydrogens is 416 g/mol. The minimum Gasteiger partial charge on any atom is -0.490 e. The van der Waals surface area contributed by atoms with Crippen LogP contribution in [-0.4, -0.2) is 44.3 Å². The Kier molecular flexibility index (Phi) is 9.34. The molecule has 0 aromatic heterocycles. The first-order chi connectivity index (χ1) is 15.3. The number of hydrogen-bond acceptors (Lipinski definition) is 7. The molecule has 9 heteroatoms. The summed E-state index contributed by atoms with van der Waals surface area (Å²) in [6, 6.07) is 9.69. The van der Waals surface area contributed by atoms with E-state index in [0.29, 0.717) is 36.1 Å². The van der Waals surface area contributed by atoms with Gasteiger partial charge in [-0.2, -0.15) is 0 Å². The topological polar surface area (TPSA) is 112 Å². The predicted molar refractivity (Wildman–Crippen MR) is 118 cm³/mol. The third-order valence-electron chi connectivity index (χ3n) is 4.16. The highest BCUT2D eigenvalue weighted by Crippen LogP contribution is 2.30. The highest BCUT2D eigenvalue weighted by molar-refractivity contribution is 6.02. The first-order valence-electron chi connectivity index (χ1n) is 10.2. The smallest absolute Gasteiger partial charge is 0.344 e. The van der Waals surface area contributed by atoms with E-state index in [4.69, 9.17) is 18.9 Å². The molecular formula is C23H28N2O7. The molecule has 0 aliphatic rings. The lowest BCUT2D eigenvalue weighted by Crippen LogP contribution is -2.37. The lowest BCUT2D eigenvalue weighted by Gasteiger charge is -2.13. The van der Waals surface area contributed by atoms with Gasteiger partial charge in [0.25, 0.3) is 5.91 Å². The van der Waals surface area contributed by atoms with Crippen molar-refractivity contribution < 1.29 is 33.3 Å². The second kappa shape index (κ2) is 12.2. The van der Waals surface area contributed by atoms with Crippen LogP contribution < -0.4 is 24.8 Å². The Balaban J connectivity index is 1.79. The molecule has 0 radical (unpaired) electrons. The number of hydrogen-bond donors (Lipinski definition) is 2. The summed E-state index contributed by atoms with van der Waals surface area (Å²) in [6.07, 6.45) is 0. The van der Waals surface area contributed by atoms with Crippen molar-refractivity contribution in [3.63, 3.8) is 0 Å². The van der Waals surface area contributed by atoms with Crippen LogP contribution in [0.3, 0.4) is 0 Å². The van der Waals surface area contributed by atoms with E-state index in [1.54, 1.807) is 18.2 Å². The van der Waals surface area contributed by atoms with Gasteiger partial charge in [0.15, 0.2) is 24.7 Å². The molecule has 0 aliphatic carbocycles. The van der Waals surface area contributed by atoms with Crippen LogP contribution in [0.2, 0.25) is 0 Å². The van der Waals surface area contributed by atoms with Crippen LogP contribution in [0.1, 0.15) is 25.0 Å². The highest BCUT2D eigenvalue weighted by Gasteiger charge is 2.14. The van der Waals surface area contributed by atoms with Crippen molar-refractivity contribution in [3.8, 4) is 17.2 Å². The van der Waals surface area contributed by atoms with Gasteiger partial charge in [-0.1, -0.05) is 18.2 Å². The van der Waals surface area contributed by atoms with E-state index in [2.05, 4.69) is 10.6 Å². The Morgan fingerprint density at radius 1 is 0.844 bits per heavy atom. The van der Waals surface area contributed by atoms with Gasteiger partial charge in [0, 0.05) is 11.8 Å². The van der Waals surface area contributed by atoms with E-state index in [0.717, 1.165) is 11.1 Å².